The molecule has 2 aliphatic heterocycles. The van der Waals surface area contributed by atoms with Gasteiger partial charge in [0.25, 0.3) is 0 Å². The number of halogens is 1. The number of carboxylic acid groups (broad SMARTS) is 1. The van der Waals surface area contributed by atoms with Crippen LogP contribution in [0.3, 0.4) is 0 Å². The van der Waals surface area contributed by atoms with Crippen LogP contribution in [0.1, 0.15) is 46.3 Å². The van der Waals surface area contributed by atoms with Crippen LogP contribution in [0.5, 0.6) is 0 Å². The maximum atomic E-state index is 13.2. The third kappa shape index (κ3) is 5.21. The standard InChI is InChI=1S/C33H29ClN6O3/c34-24-11-12-28-25(18-24)26(29(41)13-14-30(42)43)20-40(28)33-36-31(38-17-15-21-6-1-2-8-23(21)19-38)35-32(37-33)39-16-5-9-22-7-3-4-10-27(22)39/h1-4,6-8,10-12,18,20H,5,9,13-17,19H2,(H,42,43). The molecular formula is C33H29ClN6O3. The molecule has 9 nitrogen and oxygen atoms in total. The summed E-state index contributed by atoms with van der Waals surface area (Å²) in [4.78, 5) is 43.7. The number of hydrogen-bond donors (Lipinski definition) is 1. The van der Waals surface area contributed by atoms with Crippen LogP contribution in [0, 0.1) is 0 Å². The fourth-order valence-corrected chi connectivity index (χ4v) is 6.24. The van der Waals surface area contributed by atoms with Gasteiger partial charge in [0.1, 0.15) is 0 Å². The van der Waals surface area contributed by atoms with Crippen molar-refractivity contribution in [3.05, 3.63) is 100 Å². The minimum atomic E-state index is -1.02. The Kier molecular flexibility index (Phi) is 7.02. The van der Waals surface area contributed by atoms with Gasteiger partial charge in [-0.1, -0.05) is 54.1 Å². The SMILES string of the molecule is O=C(O)CCC(=O)c1cn(-c2nc(N3CCc4ccccc4C3)nc(N3CCCc4ccccc43)n2)c2ccc(Cl)cc12. The van der Waals surface area contributed by atoms with Gasteiger partial charge >= 0.3 is 5.97 Å². The molecule has 0 spiro atoms. The molecule has 0 amide bonds. The summed E-state index contributed by atoms with van der Waals surface area (Å²) in [6, 6.07) is 22.1. The van der Waals surface area contributed by atoms with Crippen LogP contribution in [0.4, 0.5) is 17.6 Å². The first-order valence-electron chi connectivity index (χ1n) is 14.4. The number of rotatable bonds is 7. The number of aryl methyl sites for hydroxylation is 1. The number of carboxylic acids is 1. The number of carbonyl (C=O) groups excluding carboxylic acids is 1. The number of para-hydroxylation sites is 1. The third-order valence-electron chi connectivity index (χ3n) is 8.21. The molecule has 0 radical (unpaired) electrons. The lowest BCUT2D eigenvalue weighted by atomic mass is 10.0. The van der Waals surface area contributed by atoms with Crippen LogP contribution in [0.25, 0.3) is 16.9 Å². The molecular weight excluding hydrogens is 564 g/mol. The van der Waals surface area contributed by atoms with Crippen molar-refractivity contribution in [2.45, 2.75) is 38.6 Å². The fraction of sp³-hybridized carbons (Fsp3) is 0.242. The van der Waals surface area contributed by atoms with Crippen LogP contribution in [0.2, 0.25) is 5.02 Å². The summed E-state index contributed by atoms with van der Waals surface area (Å²) in [5, 5.41) is 10.3. The molecule has 5 aromatic rings. The van der Waals surface area contributed by atoms with Crippen molar-refractivity contribution in [3.8, 4) is 5.95 Å². The minimum absolute atomic E-state index is 0.119. The highest BCUT2D eigenvalue weighted by atomic mass is 35.5. The molecule has 1 N–H and O–H groups in total. The number of fused-ring (bicyclic) bond motifs is 3. The van der Waals surface area contributed by atoms with Crippen molar-refractivity contribution in [1.29, 1.82) is 0 Å². The van der Waals surface area contributed by atoms with E-state index in [2.05, 4.69) is 52.3 Å². The van der Waals surface area contributed by atoms with Gasteiger partial charge in [-0.3, -0.25) is 14.2 Å². The van der Waals surface area contributed by atoms with E-state index in [-0.39, 0.29) is 18.6 Å². The highest BCUT2D eigenvalue weighted by molar-refractivity contribution is 6.31. The molecule has 0 saturated heterocycles. The number of ketones is 1. The van der Waals surface area contributed by atoms with Crippen molar-refractivity contribution >= 4 is 51.8 Å². The lowest BCUT2D eigenvalue weighted by Crippen LogP contribution is -2.33. The minimum Gasteiger partial charge on any atom is -0.481 e. The van der Waals surface area contributed by atoms with Crippen LogP contribution < -0.4 is 9.80 Å². The van der Waals surface area contributed by atoms with E-state index in [1.54, 1.807) is 22.9 Å². The molecule has 0 atom stereocenters. The summed E-state index contributed by atoms with van der Waals surface area (Å²) in [5.41, 5.74) is 5.99. The number of aromatic nitrogens is 4. The lowest BCUT2D eigenvalue weighted by Gasteiger charge is -2.32. The molecule has 0 fully saturated rings. The van der Waals surface area contributed by atoms with Crippen molar-refractivity contribution in [1.82, 2.24) is 19.5 Å². The van der Waals surface area contributed by atoms with Gasteiger partial charge < -0.3 is 14.9 Å². The van der Waals surface area contributed by atoms with E-state index in [9.17, 15) is 14.7 Å². The van der Waals surface area contributed by atoms with Gasteiger partial charge in [0.15, 0.2) is 5.78 Å². The largest absolute Gasteiger partial charge is 0.481 e. The lowest BCUT2D eigenvalue weighted by molar-refractivity contribution is -0.136. The average molecular weight is 593 g/mol. The molecule has 216 valence electrons. The molecule has 4 heterocycles. The number of benzene rings is 3. The summed E-state index contributed by atoms with van der Waals surface area (Å²) in [7, 11) is 0. The Balaban J connectivity index is 1.38. The summed E-state index contributed by atoms with van der Waals surface area (Å²) in [6.07, 6.45) is 4.17. The van der Waals surface area contributed by atoms with Gasteiger partial charge in [-0.2, -0.15) is 15.0 Å². The Labute approximate surface area is 253 Å². The normalized spacial score (nSPS) is 14.4. The molecule has 3 aromatic carbocycles. The quantitative estimate of drug-likeness (QED) is 0.224. The molecule has 10 heteroatoms. The van der Waals surface area contributed by atoms with E-state index in [1.807, 2.05) is 12.1 Å². The molecule has 0 unspecified atom stereocenters. The number of hydrogen-bond acceptors (Lipinski definition) is 7. The average Bonchev–Trinajstić information content (AvgIpc) is 3.41. The Morgan fingerprint density at radius 2 is 1.56 bits per heavy atom. The van der Waals surface area contributed by atoms with E-state index >= 15 is 0 Å². The van der Waals surface area contributed by atoms with E-state index in [0.717, 1.165) is 38.0 Å². The second-order valence-electron chi connectivity index (χ2n) is 11.0. The first-order valence-corrected chi connectivity index (χ1v) is 14.8. The van der Waals surface area contributed by atoms with E-state index < -0.39 is 5.97 Å². The molecule has 2 aromatic heterocycles. The molecule has 2 aliphatic rings. The monoisotopic (exact) mass is 592 g/mol. The Hall–Kier alpha value is -4.76. The van der Waals surface area contributed by atoms with Gasteiger partial charge in [0, 0.05) is 53.9 Å². The second kappa shape index (κ2) is 11.1. The Bertz CT molecular complexity index is 1890. The Morgan fingerprint density at radius 3 is 2.40 bits per heavy atom. The maximum Gasteiger partial charge on any atom is 0.303 e. The zero-order valence-corrected chi connectivity index (χ0v) is 24.2. The predicted molar refractivity (Wildman–Crippen MR) is 166 cm³/mol. The van der Waals surface area contributed by atoms with Gasteiger partial charge in [0.2, 0.25) is 17.8 Å². The van der Waals surface area contributed by atoms with Crippen LogP contribution in [-0.2, 0) is 24.2 Å². The Morgan fingerprint density at radius 1 is 0.814 bits per heavy atom. The summed E-state index contributed by atoms with van der Waals surface area (Å²) < 4.78 is 1.79. The summed E-state index contributed by atoms with van der Waals surface area (Å²) in [6.45, 7) is 2.21. The maximum absolute atomic E-state index is 13.2. The van der Waals surface area contributed by atoms with Gasteiger partial charge in [-0.25, -0.2) is 0 Å². The van der Waals surface area contributed by atoms with Crippen LogP contribution in [-0.4, -0.2) is 49.5 Å². The van der Waals surface area contributed by atoms with E-state index in [0.29, 0.717) is 45.9 Å². The van der Waals surface area contributed by atoms with Gasteiger partial charge in [0.05, 0.1) is 11.9 Å². The molecule has 0 bridgehead atoms. The summed E-state index contributed by atoms with van der Waals surface area (Å²) >= 11 is 6.35. The van der Waals surface area contributed by atoms with Crippen molar-refractivity contribution in [2.75, 3.05) is 22.9 Å². The molecule has 0 aliphatic carbocycles. The topological polar surface area (TPSA) is 104 Å². The van der Waals surface area contributed by atoms with Gasteiger partial charge in [-0.15, -0.1) is 0 Å². The highest BCUT2D eigenvalue weighted by Crippen LogP contribution is 2.34. The van der Waals surface area contributed by atoms with Crippen molar-refractivity contribution in [3.63, 3.8) is 0 Å². The zero-order valence-electron chi connectivity index (χ0n) is 23.4. The number of anilines is 3. The highest BCUT2D eigenvalue weighted by Gasteiger charge is 2.26. The van der Waals surface area contributed by atoms with E-state index in [4.69, 9.17) is 26.6 Å². The van der Waals surface area contributed by atoms with Crippen LogP contribution >= 0.6 is 11.6 Å². The second-order valence-corrected chi connectivity index (χ2v) is 11.4. The number of carbonyl (C=O) groups is 2. The first kappa shape index (κ1) is 27.1. The van der Waals surface area contributed by atoms with Crippen molar-refractivity contribution in [2.24, 2.45) is 0 Å². The number of aliphatic carboxylic acids is 1. The summed E-state index contributed by atoms with van der Waals surface area (Å²) in [5.74, 6) is 0.187. The first-order chi connectivity index (χ1) is 20.9. The third-order valence-corrected chi connectivity index (χ3v) is 8.45. The molecule has 43 heavy (non-hydrogen) atoms. The predicted octanol–water partition coefficient (Wildman–Crippen LogP) is 6.16. The van der Waals surface area contributed by atoms with Crippen LogP contribution in [0.15, 0.2) is 72.9 Å². The smallest absolute Gasteiger partial charge is 0.303 e. The molecule has 7 rings (SSSR count). The van der Waals surface area contributed by atoms with Crippen molar-refractivity contribution < 1.29 is 14.7 Å². The number of Topliss-reactive ketones (excluding diaryl/α,β-unsaturated/α-hetero) is 1. The van der Waals surface area contributed by atoms with E-state index in [1.165, 1.54) is 16.7 Å². The molecule has 0 saturated carbocycles. The fourth-order valence-electron chi connectivity index (χ4n) is 6.07. The van der Waals surface area contributed by atoms with Gasteiger partial charge in [-0.05, 0) is 60.2 Å². The number of nitrogens with zero attached hydrogens (tertiary/aromatic N) is 6. The zero-order chi connectivity index (χ0) is 29.5.